The zero-order valence-electron chi connectivity index (χ0n) is 12.1. The number of nitrogens with one attached hydrogen (secondary N) is 1. The molecule has 5 nitrogen and oxygen atoms in total. The van der Waals surface area contributed by atoms with Crippen molar-refractivity contribution in [1.29, 1.82) is 5.26 Å². The van der Waals surface area contributed by atoms with Crippen LogP contribution < -0.4 is 5.32 Å². The van der Waals surface area contributed by atoms with Gasteiger partial charge < -0.3 is 14.8 Å². The topological polar surface area (TPSA) is 71.3 Å². The van der Waals surface area contributed by atoms with Gasteiger partial charge in [-0.1, -0.05) is 12.1 Å². The largest absolute Gasteiger partial charge is 0.379 e. The lowest BCUT2D eigenvalue weighted by atomic mass is 10.1. The highest BCUT2D eigenvalue weighted by Gasteiger charge is 2.16. The van der Waals surface area contributed by atoms with Crippen molar-refractivity contribution in [3.8, 4) is 6.07 Å². The highest BCUT2D eigenvalue weighted by atomic mass is 16.5. The van der Waals surface area contributed by atoms with Gasteiger partial charge >= 0.3 is 0 Å². The molecule has 0 aromatic heterocycles. The summed E-state index contributed by atoms with van der Waals surface area (Å²) in [4.78, 5) is 11.7. The zero-order chi connectivity index (χ0) is 15.0. The highest BCUT2D eigenvalue weighted by Crippen LogP contribution is 2.14. The smallest absolute Gasteiger partial charge is 0.250 e. The SMILES string of the molecule is COC(C)(C)CCOCC(=O)Nc1ccccc1C#N. The molecule has 0 heterocycles. The summed E-state index contributed by atoms with van der Waals surface area (Å²) in [6.45, 7) is 4.31. The fraction of sp³-hybridized carbons (Fsp3) is 0.467. The molecule has 1 N–H and O–H groups in total. The van der Waals surface area contributed by atoms with Gasteiger partial charge in [0.05, 0.1) is 16.9 Å². The van der Waals surface area contributed by atoms with Crippen LogP contribution in [0.4, 0.5) is 5.69 Å². The van der Waals surface area contributed by atoms with Crippen LogP contribution in [-0.4, -0.2) is 31.8 Å². The van der Waals surface area contributed by atoms with Crippen LogP contribution in [0.5, 0.6) is 0 Å². The molecule has 1 aromatic carbocycles. The Morgan fingerprint density at radius 3 is 2.75 bits per heavy atom. The number of rotatable bonds is 7. The first-order valence-corrected chi connectivity index (χ1v) is 6.40. The van der Waals surface area contributed by atoms with E-state index in [0.717, 1.165) is 0 Å². The summed E-state index contributed by atoms with van der Waals surface area (Å²) in [5.74, 6) is -0.275. The van der Waals surface area contributed by atoms with Crippen LogP contribution in [0.2, 0.25) is 0 Å². The third-order valence-electron chi connectivity index (χ3n) is 2.96. The second-order valence-electron chi connectivity index (χ2n) is 4.97. The first kappa shape index (κ1) is 16.2. The molecule has 1 rings (SSSR count). The average Bonchev–Trinajstić information content (AvgIpc) is 2.44. The molecule has 0 aliphatic carbocycles. The van der Waals surface area contributed by atoms with Crippen LogP contribution in [0.15, 0.2) is 24.3 Å². The molecule has 0 spiro atoms. The second-order valence-corrected chi connectivity index (χ2v) is 4.97. The normalized spacial score (nSPS) is 10.9. The standard InChI is InChI=1S/C15H20N2O3/c1-15(2,19-3)8-9-20-11-14(18)17-13-7-5-4-6-12(13)10-16/h4-7H,8-9,11H2,1-3H3,(H,17,18). The molecule has 1 amide bonds. The summed E-state index contributed by atoms with van der Waals surface area (Å²) in [5, 5.41) is 11.6. The Morgan fingerprint density at radius 2 is 2.10 bits per heavy atom. The summed E-state index contributed by atoms with van der Waals surface area (Å²) in [5.41, 5.74) is 0.673. The van der Waals surface area contributed by atoms with Crippen molar-refractivity contribution < 1.29 is 14.3 Å². The maximum Gasteiger partial charge on any atom is 0.250 e. The third-order valence-corrected chi connectivity index (χ3v) is 2.96. The third kappa shape index (κ3) is 5.39. The molecule has 1 aromatic rings. The molecule has 0 aliphatic rings. The van der Waals surface area contributed by atoms with Gasteiger partial charge in [0, 0.05) is 13.7 Å². The summed E-state index contributed by atoms with van der Waals surface area (Å²) >= 11 is 0. The van der Waals surface area contributed by atoms with Gasteiger partial charge in [-0.25, -0.2) is 0 Å². The molecule has 108 valence electrons. The Balaban J connectivity index is 2.36. The van der Waals surface area contributed by atoms with E-state index in [1.165, 1.54) is 0 Å². The molecule has 0 bridgehead atoms. The van der Waals surface area contributed by atoms with Gasteiger partial charge in [-0.2, -0.15) is 5.26 Å². The Hall–Kier alpha value is -1.90. The van der Waals surface area contributed by atoms with E-state index in [9.17, 15) is 4.79 Å². The van der Waals surface area contributed by atoms with Crippen LogP contribution in [0.1, 0.15) is 25.8 Å². The van der Waals surface area contributed by atoms with Crippen LogP contribution in [0.3, 0.4) is 0 Å². The van der Waals surface area contributed by atoms with Gasteiger partial charge in [-0.05, 0) is 32.4 Å². The predicted octanol–water partition coefficient (Wildman–Crippen LogP) is 2.33. The van der Waals surface area contributed by atoms with Crippen LogP contribution in [0.25, 0.3) is 0 Å². The number of hydrogen-bond donors (Lipinski definition) is 1. The number of benzene rings is 1. The van der Waals surface area contributed by atoms with Crippen LogP contribution in [-0.2, 0) is 14.3 Å². The summed E-state index contributed by atoms with van der Waals surface area (Å²) < 4.78 is 10.6. The van der Waals surface area contributed by atoms with E-state index in [2.05, 4.69) is 5.32 Å². The number of para-hydroxylation sites is 1. The molecular weight excluding hydrogens is 256 g/mol. The van der Waals surface area contributed by atoms with Gasteiger partial charge in [0.2, 0.25) is 5.91 Å². The highest BCUT2D eigenvalue weighted by molar-refractivity contribution is 5.92. The first-order valence-electron chi connectivity index (χ1n) is 6.40. The number of amides is 1. The lowest BCUT2D eigenvalue weighted by molar-refractivity contribution is -0.121. The number of nitrogens with zero attached hydrogens (tertiary/aromatic N) is 1. The maximum atomic E-state index is 11.7. The van der Waals surface area contributed by atoms with E-state index in [-0.39, 0.29) is 18.1 Å². The van der Waals surface area contributed by atoms with Gasteiger partial charge in [0.15, 0.2) is 0 Å². The molecule has 0 saturated carbocycles. The Morgan fingerprint density at radius 1 is 1.40 bits per heavy atom. The molecule has 5 heteroatoms. The van der Waals surface area contributed by atoms with E-state index in [1.54, 1.807) is 31.4 Å². The second kappa shape index (κ2) is 7.63. The van der Waals surface area contributed by atoms with Crippen molar-refractivity contribution in [3.05, 3.63) is 29.8 Å². The van der Waals surface area contributed by atoms with Crippen molar-refractivity contribution in [1.82, 2.24) is 0 Å². The fourth-order valence-electron chi connectivity index (χ4n) is 1.46. The lowest BCUT2D eigenvalue weighted by Gasteiger charge is -2.22. The number of anilines is 1. The van der Waals surface area contributed by atoms with E-state index in [4.69, 9.17) is 14.7 Å². The number of methoxy groups -OCH3 is 1. The summed E-state index contributed by atoms with van der Waals surface area (Å²) in [6, 6.07) is 8.87. The van der Waals surface area contributed by atoms with Crippen molar-refractivity contribution in [2.24, 2.45) is 0 Å². The van der Waals surface area contributed by atoms with E-state index in [0.29, 0.717) is 24.3 Å². The number of carbonyl (C=O) groups is 1. The fourth-order valence-corrected chi connectivity index (χ4v) is 1.46. The minimum Gasteiger partial charge on any atom is -0.379 e. The summed E-state index contributed by atoms with van der Waals surface area (Å²) in [7, 11) is 1.64. The summed E-state index contributed by atoms with van der Waals surface area (Å²) in [6.07, 6.45) is 0.700. The number of nitriles is 1. The Kier molecular flexibility index (Phi) is 6.16. The first-order chi connectivity index (χ1) is 9.48. The molecular formula is C15H20N2O3. The van der Waals surface area contributed by atoms with Crippen molar-refractivity contribution in [2.75, 3.05) is 25.6 Å². The lowest BCUT2D eigenvalue weighted by Crippen LogP contribution is -2.26. The molecule has 20 heavy (non-hydrogen) atoms. The number of hydrogen-bond acceptors (Lipinski definition) is 4. The molecule has 0 radical (unpaired) electrons. The zero-order valence-corrected chi connectivity index (χ0v) is 12.1. The van der Waals surface area contributed by atoms with Gasteiger partial charge in [0.25, 0.3) is 0 Å². The van der Waals surface area contributed by atoms with Crippen molar-refractivity contribution in [2.45, 2.75) is 25.9 Å². The molecule has 0 unspecified atom stereocenters. The van der Waals surface area contributed by atoms with Crippen molar-refractivity contribution in [3.63, 3.8) is 0 Å². The molecule has 0 fully saturated rings. The van der Waals surface area contributed by atoms with Gasteiger partial charge in [-0.3, -0.25) is 4.79 Å². The Bertz CT molecular complexity index is 492. The van der Waals surface area contributed by atoms with Crippen LogP contribution >= 0.6 is 0 Å². The maximum absolute atomic E-state index is 11.7. The van der Waals surface area contributed by atoms with E-state index >= 15 is 0 Å². The van der Waals surface area contributed by atoms with E-state index in [1.807, 2.05) is 19.9 Å². The molecule has 0 atom stereocenters. The van der Waals surface area contributed by atoms with Crippen LogP contribution in [0, 0.1) is 11.3 Å². The molecule has 0 saturated heterocycles. The Labute approximate surface area is 119 Å². The van der Waals surface area contributed by atoms with Crippen molar-refractivity contribution >= 4 is 11.6 Å². The van der Waals surface area contributed by atoms with Gasteiger partial charge in [-0.15, -0.1) is 0 Å². The minimum absolute atomic E-state index is 0.0421. The number of carbonyl (C=O) groups excluding carboxylic acids is 1. The minimum atomic E-state index is -0.275. The number of ether oxygens (including phenoxy) is 2. The predicted molar refractivity (Wildman–Crippen MR) is 76.3 cm³/mol. The van der Waals surface area contributed by atoms with Gasteiger partial charge in [0.1, 0.15) is 12.7 Å². The average molecular weight is 276 g/mol. The van der Waals surface area contributed by atoms with E-state index < -0.39 is 0 Å². The molecule has 0 aliphatic heterocycles. The monoisotopic (exact) mass is 276 g/mol. The quantitative estimate of drug-likeness (QED) is 0.776.